The highest BCUT2D eigenvalue weighted by molar-refractivity contribution is 5.66. The molecule has 0 amide bonds. The zero-order chi connectivity index (χ0) is 20.4. The largest absolute Gasteiger partial charge is 0.354 e. The topological polar surface area (TPSA) is 116 Å². The Bertz CT molecular complexity index is 1030. The van der Waals surface area contributed by atoms with Crippen LogP contribution in [0.4, 0.5) is 23.1 Å². The molecule has 10 nitrogen and oxygen atoms in total. The van der Waals surface area contributed by atoms with E-state index in [1.54, 1.807) is 12.1 Å². The molecule has 2 N–H and O–H groups in total. The van der Waals surface area contributed by atoms with Crippen LogP contribution in [-0.2, 0) is 0 Å². The minimum Gasteiger partial charge on any atom is -0.354 e. The number of nitrogens with zero attached hydrogens (tertiary/aromatic N) is 6. The molecule has 0 aliphatic carbocycles. The zero-order valence-electron chi connectivity index (χ0n) is 16.3. The molecule has 1 aliphatic heterocycles. The van der Waals surface area contributed by atoms with E-state index in [1.165, 1.54) is 12.1 Å². The second-order valence-electron chi connectivity index (χ2n) is 7.09. The number of anilines is 3. The van der Waals surface area contributed by atoms with Crippen molar-refractivity contribution < 1.29 is 4.92 Å². The molecule has 2 aromatic heterocycles. The maximum atomic E-state index is 11.2. The quantitative estimate of drug-likeness (QED) is 0.501. The Balaban J connectivity index is 1.73. The number of non-ortho nitro benzene ring substituents is 1. The summed E-state index contributed by atoms with van der Waals surface area (Å²) in [6.45, 7) is 5.50. The van der Waals surface area contributed by atoms with Crippen molar-refractivity contribution in [2.75, 3.05) is 43.4 Å². The first-order chi connectivity index (χ1) is 14.0. The Morgan fingerprint density at radius 3 is 2.59 bits per heavy atom. The molecule has 1 aromatic carbocycles. The van der Waals surface area contributed by atoms with Gasteiger partial charge >= 0.3 is 0 Å². The van der Waals surface area contributed by atoms with Crippen LogP contribution in [0.3, 0.4) is 0 Å². The molecule has 1 fully saturated rings. The van der Waals surface area contributed by atoms with E-state index in [4.69, 9.17) is 4.98 Å². The Kier molecular flexibility index (Phi) is 5.09. The summed E-state index contributed by atoms with van der Waals surface area (Å²) in [6.07, 6.45) is 0. The monoisotopic (exact) mass is 394 g/mol. The molecule has 0 unspecified atom stereocenters. The van der Waals surface area contributed by atoms with Crippen molar-refractivity contribution in [1.82, 2.24) is 25.1 Å². The van der Waals surface area contributed by atoms with Gasteiger partial charge in [-0.25, -0.2) is 9.97 Å². The lowest BCUT2D eigenvalue weighted by molar-refractivity contribution is -0.384. The number of nitro groups is 1. The Morgan fingerprint density at radius 2 is 1.90 bits per heavy atom. The van der Waals surface area contributed by atoms with Crippen LogP contribution in [0.1, 0.15) is 5.69 Å². The fourth-order valence-electron chi connectivity index (χ4n) is 3.20. The molecular formula is C19H22N8O2. The molecule has 150 valence electrons. The predicted octanol–water partition coefficient (Wildman–Crippen LogP) is 2.58. The van der Waals surface area contributed by atoms with Gasteiger partial charge in [-0.05, 0) is 14.0 Å². The van der Waals surface area contributed by atoms with E-state index in [0.717, 1.165) is 37.7 Å². The van der Waals surface area contributed by atoms with Crippen molar-refractivity contribution in [1.29, 1.82) is 0 Å². The van der Waals surface area contributed by atoms with Gasteiger partial charge in [-0.1, -0.05) is 12.1 Å². The summed E-state index contributed by atoms with van der Waals surface area (Å²) >= 11 is 0. The number of rotatable bonds is 5. The van der Waals surface area contributed by atoms with E-state index < -0.39 is 4.92 Å². The number of aryl methyl sites for hydroxylation is 1. The molecule has 3 heterocycles. The van der Waals surface area contributed by atoms with Crippen molar-refractivity contribution in [3.63, 3.8) is 0 Å². The average molecular weight is 394 g/mol. The lowest BCUT2D eigenvalue weighted by Crippen LogP contribution is -2.44. The maximum absolute atomic E-state index is 11.2. The van der Waals surface area contributed by atoms with Gasteiger partial charge < -0.3 is 15.1 Å². The molecule has 1 aliphatic rings. The zero-order valence-corrected chi connectivity index (χ0v) is 16.3. The summed E-state index contributed by atoms with van der Waals surface area (Å²) in [7, 11) is 2.10. The van der Waals surface area contributed by atoms with Crippen LogP contribution in [0.2, 0.25) is 0 Å². The number of H-pyrrole nitrogens is 1. The third kappa shape index (κ3) is 4.32. The Labute approximate surface area is 167 Å². The van der Waals surface area contributed by atoms with Crippen LogP contribution in [0.25, 0.3) is 11.4 Å². The van der Waals surface area contributed by atoms with E-state index in [0.29, 0.717) is 23.0 Å². The van der Waals surface area contributed by atoms with Gasteiger partial charge in [0.2, 0.25) is 0 Å². The summed E-state index contributed by atoms with van der Waals surface area (Å²) in [5.41, 5.74) is 1.53. The van der Waals surface area contributed by atoms with Crippen LogP contribution < -0.4 is 10.2 Å². The van der Waals surface area contributed by atoms with Gasteiger partial charge in [-0.15, -0.1) is 0 Å². The lowest BCUT2D eigenvalue weighted by Gasteiger charge is -2.33. The number of piperazine rings is 1. The van der Waals surface area contributed by atoms with Crippen molar-refractivity contribution >= 4 is 23.1 Å². The molecule has 4 rings (SSSR count). The van der Waals surface area contributed by atoms with Crippen LogP contribution in [0.15, 0.2) is 36.4 Å². The molecule has 0 radical (unpaired) electrons. The molecule has 0 spiro atoms. The molecule has 0 saturated carbocycles. The fourth-order valence-corrected chi connectivity index (χ4v) is 3.20. The third-order valence-electron chi connectivity index (χ3n) is 4.82. The average Bonchev–Trinajstić information content (AvgIpc) is 3.13. The molecule has 0 bridgehead atoms. The third-order valence-corrected chi connectivity index (χ3v) is 4.82. The summed E-state index contributed by atoms with van der Waals surface area (Å²) in [5, 5.41) is 21.5. The first-order valence-corrected chi connectivity index (χ1v) is 9.34. The van der Waals surface area contributed by atoms with Gasteiger partial charge in [0.1, 0.15) is 11.6 Å². The molecule has 10 heteroatoms. The number of nitro benzene ring substituents is 1. The number of hydrogen-bond acceptors (Lipinski definition) is 8. The number of likely N-dealkylation sites (N-methyl/N-ethyl adjacent to an activating group) is 1. The molecular weight excluding hydrogens is 372 g/mol. The van der Waals surface area contributed by atoms with Gasteiger partial charge in [-0.2, -0.15) is 5.10 Å². The maximum Gasteiger partial charge on any atom is 0.270 e. The van der Waals surface area contributed by atoms with Gasteiger partial charge in [0.15, 0.2) is 11.6 Å². The first kappa shape index (κ1) is 18.8. The first-order valence-electron chi connectivity index (χ1n) is 9.34. The van der Waals surface area contributed by atoms with Gasteiger partial charge in [-0.3, -0.25) is 15.2 Å². The SMILES string of the molecule is Cc1cc(Nc2cc(N3CCN(C)CC3)nc(-c3cccc([N+](=O)[O-])c3)n2)n[nH]1. The molecule has 29 heavy (non-hydrogen) atoms. The summed E-state index contributed by atoms with van der Waals surface area (Å²) in [4.78, 5) is 24.5. The highest BCUT2D eigenvalue weighted by Gasteiger charge is 2.19. The van der Waals surface area contributed by atoms with Gasteiger partial charge in [0.05, 0.1) is 4.92 Å². The Morgan fingerprint density at radius 1 is 1.10 bits per heavy atom. The minimum absolute atomic E-state index is 0.00790. The van der Waals surface area contributed by atoms with Crippen LogP contribution in [-0.4, -0.2) is 63.2 Å². The van der Waals surface area contributed by atoms with Crippen LogP contribution in [0.5, 0.6) is 0 Å². The van der Waals surface area contributed by atoms with E-state index in [2.05, 4.69) is 37.3 Å². The lowest BCUT2D eigenvalue weighted by atomic mass is 10.2. The normalized spacial score (nSPS) is 14.8. The van der Waals surface area contributed by atoms with E-state index in [1.807, 2.05) is 19.1 Å². The van der Waals surface area contributed by atoms with E-state index in [-0.39, 0.29) is 5.69 Å². The smallest absolute Gasteiger partial charge is 0.270 e. The second kappa shape index (κ2) is 7.84. The summed E-state index contributed by atoms with van der Waals surface area (Å²) in [5.74, 6) is 2.45. The van der Waals surface area contributed by atoms with Gasteiger partial charge in [0, 0.05) is 61.7 Å². The molecule has 0 atom stereocenters. The van der Waals surface area contributed by atoms with Crippen molar-refractivity contribution in [2.24, 2.45) is 0 Å². The standard InChI is InChI=1S/C19H22N8O2/c1-13-10-17(24-23-13)20-16-12-18(26-8-6-25(2)7-9-26)22-19(21-16)14-4-3-5-15(11-14)27(28)29/h3-5,10-12H,6-9H2,1-2H3,(H2,20,21,22,23,24). The van der Waals surface area contributed by atoms with E-state index in [9.17, 15) is 10.1 Å². The molecule has 3 aromatic rings. The number of benzene rings is 1. The fraction of sp³-hybridized carbons (Fsp3) is 0.316. The van der Waals surface area contributed by atoms with Gasteiger partial charge in [0.25, 0.3) is 5.69 Å². The predicted molar refractivity (Wildman–Crippen MR) is 110 cm³/mol. The minimum atomic E-state index is -0.417. The Hall–Kier alpha value is -3.53. The summed E-state index contributed by atoms with van der Waals surface area (Å²) in [6, 6.07) is 10.1. The van der Waals surface area contributed by atoms with Crippen LogP contribution in [0, 0.1) is 17.0 Å². The second-order valence-corrected chi connectivity index (χ2v) is 7.09. The van der Waals surface area contributed by atoms with Crippen LogP contribution >= 0.6 is 0 Å². The number of aromatic nitrogens is 4. The van der Waals surface area contributed by atoms with Crippen molar-refractivity contribution in [3.8, 4) is 11.4 Å². The van der Waals surface area contributed by atoms with Crippen molar-refractivity contribution in [3.05, 3.63) is 52.2 Å². The van der Waals surface area contributed by atoms with Crippen molar-refractivity contribution in [2.45, 2.75) is 6.92 Å². The number of nitrogens with one attached hydrogen (secondary N) is 2. The highest BCUT2D eigenvalue weighted by Crippen LogP contribution is 2.27. The van der Waals surface area contributed by atoms with E-state index >= 15 is 0 Å². The molecule has 1 saturated heterocycles. The number of aromatic amines is 1. The number of hydrogen-bond donors (Lipinski definition) is 2. The summed E-state index contributed by atoms with van der Waals surface area (Å²) < 4.78 is 0. The highest BCUT2D eigenvalue weighted by atomic mass is 16.6.